The van der Waals surface area contributed by atoms with Gasteiger partial charge in [0.05, 0.1) is 11.7 Å². The number of urea groups is 1. The summed E-state index contributed by atoms with van der Waals surface area (Å²) < 4.78 is 52.0. The van der Waals surface area contributed by atoms with Gasteiger partial charge in [-0.1, -0.05) is 30.3 Å². The quantitative estimate of drug-likeness (QED) is 0.303. The second-order valence-electron chi connectivity index (χ2n) is 11.6. The van der Waals surface area contributed by atoms with Crippen LogP contribution in [0.3, 0.4) is 0 Å². The van der Waals surface area contributed by atoms with E-state index in [2.05, 4.69) is 16.0 Å². The molecule has 11 heteroatoms. The Kier molecular flexibility index (Phi) is 10.4. The second-order valence-corrected chi connectivity index (χ2v) is 11.6. The molecule has 2 aliphatic heterocycles. The zero-order valence-corrected chi connectivity index (χ0v) is 24.7. The van der Waals surface area contributed by atoms with E-state index >= 15 is 8.78 Å². The predicted octanol–water partition coefficient (Wildman–Crippen LogP) is 4.52. The molecule has 3 N–H and O–H groups in total. The van der Waals surface area contributed by atoms with Crippen molar-refractivity contribution in [2.24, 2.45) is 11.8 Å². The normalized spacial score (nSPS) is 20.6. The lowest BCUT2D eigenvalue weighted by atomic mass is 9.89. The number of hydrogen-bond acceptors (Lipinski definition) is 5. The molecule has 0 saturated carbocycles. The predicted molar refractivity (Wildman–Crippen MR) is 159 cm³/mol. The van der Waals surface area contributed by atoms with E-state index in [4.69, 9.17) is 9.72 Å². The van der Waals surface area contributed by atoms with Gasteiger partial charge >= 0.3 is 6.03 Å². The molecule has 2 fully saturated rings. The SMILES string of the molecule is CNC[C@H](C)NC(=O)N(C[C@@H]1CNC[C@@H]1F)[C@@H](c1nc(-c2cc(F)ccc2F)cn1Cc1ccccc1)C1CCOCC1. The van der Waals surface area contributed by atoms with Gasteiger partial charge in [-0.25, -0.2) is 22.9 Å². The first-order valence-electron chi connectivity index (χ1n) is 15.0. The molecule has 3 heterocycles. The lowest BCUT2D eigenvalue weighted by Crippen LogP contribution is -2.52. The molecule has 2 aromatic carbocycles. The van der Waals surface area contributed by atoms with Crippen LogP contribution in [-0.2, 0) is 11.3 Å². The van der Waals surface area contributed by atoms with E-state index in [0.717, 1.165) is 23.8 Å². The van der Waals surface area contributed by atoms with Crippen molar-refractivity contribution in [3.63, 3.8) is 0 Å². The summed E-state index contributed by atoms with van der Waals surface area (Å²) >= 11 is 0. The summed E-state index contributed by atoms with van der Waals surface area (Å²) in [6, 6.07) is 12.0. The van der Waals surface area contributed by atoms with Crippen molar-refractivity contribution in [2.45, 2.75) is 44.6 Å². The number of likely N-dealkylation sites (N-methyl/N-ethyl adjacent to an activating group) is 1. The Morgan fingerprint density at radius 3 is 2.63 bits per heavy atom. The summed E-state index contributed by atoms with van der Waals surface area (Å²) in [4.78, 5) is 20.8. The van der Waals surface area contributed by atoms with Crippen LogP contribution < -0.4 is 16.0 Å². The fraction of sp³-hybridized carbons (Fsp3) is 0.500. The van der Waals surface area contributed by atoms with Gasteiger partial charge in [-0.15, -0.1) is 0 Å². The maximum atomic E-state index is 15.0. The molecular weight excluding hydrogens is 557 g/mol. The van der Waals surface area contributed by atoms with Gasteiger partial charge in [-0.2, -0.15) is 0 Å². The van der Waals surface area contributed by atoms with Gasteiger partial charge < -0.3 is 30.2 Å². The molecule has 43 heavy (non-hydrogen) atoms. The van der Waals surface area contributed by atoms with Crippen LogP contribution in [0.1, 0.15) is 37.2 Å². The number of carbonyl (C=O) groups is 1. The third kappa shape index (κ3) is 7.57. The third-order valence-electron chi connectivity index (χ3n) is 8.35. The fourth-order valence-corrected chi connectivity index (χ4v) is 6.14. The van der Waals surface area contributed by atoms with Crippen molar-refractivity contribution < 1.29 is 22.7 Å². The maximum Gasteiger partial charge on any atom is 0.318 e. The molecule has 0 radical (unpaired) electrons. The molecule has 2 amide bonds. The first kappa shape index (κ1) is 31.0. The van der Waals surface area contributed by atoms with Gasteiger partial charge in [0.25, 0.3) is 0 Å². The number of nitrogens with one attached hydrogen (secondary N) is 3. The van der Waals surface area contributed by atoms with Crippen molar-refractivity contribution in [1.29, 1.82) is 0 Å². The van der Waals surface area contributed by atoms with Crippen LogP contribution in [0.4, 0.5) is 18.0 Å². The molecule has 0 spiro atoms. The highest BCUT2D eigenvalue weighted by molar-refractivity contribution is 5.75. The Morgan fingerprint density at radius 2 is 1.93 bits per heavy atom. The maximum absolute atomic E-state index is 15.0. The highest BCUT2D eigenvalue weighted by Crippen LogP contribution is 2.38. The number of benzene rings is 2. The van der Waals surface area contributed by atoms with Crippen LogP contribution >= 0.6 is 0 Å². The Bertz CT molecular complexity index is 1350. The summed E-state index contributed by atoms with van der Waals surface area (Å²) in [5, 5.41) is 9.27. The minimum Gasteiger partial charge on any atom is -0.381 e. The Hall–Kier alpha value is -3.41. The van der Waals surface area contributed by atoms with Crippen LogP contribution in [0.2, 0.25) is 0 Å². The lowest BCUT2D eigenvalue weighted by molar-refractivity contribution is 0.0255. The number of aromatic nitrogens is 2. The molecule has 8 nitrogen and oxygen atoms in total. The number of nitrogens with zero attached hydrogens (tertiary/aromatic N) is 3. The number of rotatable bonds is 11. The second kappa shape index (κ2) is 14.4. The van der Waals surface area contributed by atoms with Gasteiger partial charge in [0.15, 0.2) is 0 Å². The van der Waals surface area contributed by atoms with Crippen LogP contribution in [0.5, 0.6) is 0 Å². The Morgan fingerprint density at radius 1 is 1.16 bits per heavy atom. The first-order valence-corrected chi connectivity index (χ1v) is 15.0. The number of hydrogen-bond donors (Lipinski definition) is 3. The van der Waals surface area contributed by atoms with E-state index in [-0.39, 0.29) is 42.3 Å². The smallest absolute Gasteiger partial charge is 0.318 e. The zero-order chi connectivity index (χ0) is 30.3. The summed E-state index contributed by atoms with van der Waals surface area (Å²) in [6.07, 6.45) is 1.97. The molecule has 0 aliphatic carbocycles. The number of ether oxygens (including phenoxy) is 1. The van der Waals surface area contributed by atoms with Crippen molar-refractivity contribution >= 4 is 6.03 Å². The van der Waals surface area contributed by atoms with Crippen molar-refractivity contribution in [2.75, 3.05) is 46.4 Å². The standard InChI is InChI=1S/C32H41F3N6O2/c1-21(15-36-2)38-32(42)41(19-24-16-37-17-28(24)35)30(23-10-12-43-13-11-23)31-39-29(26-14-25(33)8-9-27(26)34)20-40(31)18-22-6-4-3-5-7-22/h3-9,14,20-21,23-24,28,30,36-37H,10-13,15-19H2,1-2H3,(H,38,42)/t21-,24-,28-,30+/m0/s1. The number of alkyl halides is 1. The van der Waals surface area contributed by atoms with Crippen LogP contribution in [0.15, 0.2) is 54.7 Å². The van der Waals surface area contributed by atoms with Crippen molar-refractivity contribution in [1.82, 2.24) is 30.4 Å². The van der Waals surface area contributed by atoms with Crippen molar-refractivity contribution in [3.8, 4) is 11.3 Å². The van der Waals surface area contributed by atoms with Gasteiger partial charge in [-0.05, 0) is 56.5 Å². The Labute approximate surface area is 251 Å². The van der Waals surface area contributed by atoms with E-state index in [1.807, 2.05) is 48.9 Å². The zero-order valence-electron chi connectivity index (χ0n) is 24.7. The molecule has 4 atom stereocenters. The highest BCUT2D eigenvalue weighted by atomic mass is 19.1. The van der Waals surface area contributed by atoms with E-state index in [0.29, 0.717) is 51.5 Å². The largest absolute Gasteiger partial charge is 0.381 e. The topological polar surface area (TPSA) is 83.5 Å². The molecule has 2 aliphatic rings. The number of imidazole rings is 1. The van der Waals surface area contributed by atoms with Gasteiger partial charge in [0, 0.05) is 69.7 Å². The summed E-state index contributed by atoms with van der Waals surface area (Å²) in [7, 11) is 1.82. The average Bonchev–Trinajstić information content (AvgIpc) is 3.60. The molecule has 0 bridgehead atoms. The van der Waals surface area contributed by atoms with Crippen LogP contribution in [0, 0.1) is 23.5 Å². The number of amides is 2. The summed E-state index contributed by atoms with van der Waals surface area (Å²) in [6.45, 7) is 4.79. The fourth-order valence-electron chi connectivity index (χ4n) is 6.14. The van der Waals surface area contributed by atoms with E-state index in [1.165, 1.54) is 0 Å². The molecule has 232 valence electrons. The first-order chi connectivity index (χ1) is 20.8. The molecule has 5 rings (SSSR count). The van der Waals surface area contributed by atoms with E-state index < -0.39 is 29.8 Å². The van der Waals surface area contributed by atoms with E-state index in [1.54, 1.807) is 11.1 Å². The van der Waals surface area contributed by atoms with Gasteiger partial charge in [-0.3, -0.25) is 0 Å². The third-order valence-corrected chi connectivity index (χ3v) is 8.35. The summed E-state index contributed by atoms with van der Waals surface area (Å²) in [5.41, 5.74) is 1.30. The Balaban J connectivity index is 1.63. The number of carbonyl (C=O) groups excluding carboxylic acids is 1. The minimum atomic E-state index is -1.10. The molecule has 3 aromatic rings. The van der Waals surface area contributed by atoms with Crippen LogP contribution in [-0.4, -0.2) is 79.1 Å². The minimum absolute atomic E-state index is 0.0428. The molecule has 1 aromatic heterocycles. The summed E-state index contributed by atoms with van der Waals surface area (Å²) in [5.74, 6) is -1.06. The monoisotopic (exact) mass is 598 g/mol. The van der Waals surface area contributed by atoms with Gasteiger partial charge in [0.1, 0.15) is 23.6 Å². The molecule has 0 unspecified atom stereocenters. The molecular formula is C32H41F3N6O2. The number of halogens is 3. The highest BCUT2D eigenvalue weighted by Gasteiger charge is 2.40. The van der Waals surface area contributed by atoms with E-state index in [9.17, 15) is 9.18 Å². The van der Waals surface area contributed by atoms with Crippen LogP contribution in [0.25, 0.3) is 11.3 Å². The lowest BCUT2D eigenvalue weighted by Gasteiger charge is -2.40. The molecule has 2 saturated heterocycles. The average molecular weight is 599 g/mol. The van der Waals surface area contributed by atoms with Gasteiger partial charge in [0.2, 0.25) is 0 Å². The van der Waals surface area contributed by atoms with Crippen molar-refractivity contribution in [3.05, 3.63) is 77.8 Å².